The normalized spacial score (nSPS) is 11.2. The molecule has 0 aliphatic rings. The van der Waals surface area contributed by atoms with E-state index in [-0.39, 0.29) is 21.8 Å². The summed E-state index contributed by atoms with van der Waals surface area (Å²) in [4.78, 5) is 29.6. The summed E-state index contributed by atoms with van der Waals surface area (Å²) in [5.74, 6) is 1.11. The number of aromatic nitrogens is 4. The van der Waals surface area contributed by atoms with Crippen LogP contribution in [0.3, 0.4) is 0 Å². The maximum Gasteiger partial charge on any atom is 0.495 e. The van der Waals surface area contributed by atoms with Gasteiger partial charge in [0.15, 0.2) is 11.2 Å². The zero-order chi connectivity index (χ0) is 37.5. The molecule has 14 nitrogen and oxygen atoms in total. The summed E-state index contributed by atoms with van der Waals surface area (Å²) in [6, 6.07) is 39.0. The van der Waals surface area contributed by atoms with Crippen LogP contribution in [0.15, 0.2) is 142 Å². The van der Waals surface area contributed by atoms with Crippen LogP contribution < -0.4 is 5.46 Å². The van der Waals surface area contributed by atoms with Crippen molar-refractivity contribution in [3.63, 3.8) is 0 Å². The molecule has 0 saturated carbocycles. The van der Waals surface area contributed by atoms with Crippen molar-refractivity contribution in [1.82, 2.24) is 18.8 Å². The summed E-state index contributed by atoms with van der Waals surface area (Å²) in [7, 11) is -1.80. The predicted octanol–water partition coefficient (Wildman–Crippen LogP) is 7.97. The van der Waals surface area contributed by atoms with Crippen molar-refractivity contribution in [2.75, 3.05) is 0 Å². The number of rotatable bonds is 4. The first kappa shape index (κ1) is 34.0. The van der Waals surface area contributed by atoms with Gasteiger partial charge in [-0.1, -0.05) is 72.3 Å². The summed E-state index contributed by atoms with van der Waals surface area (Å²) < 4.78 is 15.4. The molecule has 6 aromatic carbocycles. The Morgan fingerprint density at radius 2 is 1.09 bits per heavy atom. The van der Waals surface area contributed by atoms with E-state index in [1.165, 1.54) is 30.3 Å². The molecule has 0 atom stereocenters. The van der Waals surface area contributed by atoms with Gasteiger partial charge >= 0.3 is 18.8 Å². The fraction of sp³-hybridized carbons (Fsp3) is 0. The Hall–Kier alpha value is -7.07. The van der Waals surface area contributed by atoms with Crippen LogP contribution in [0.5, 0.6) is 0 Å². The van der Waals surface area contributed by atoms with Gasteiger partial charge in [0.05, 0.1) is 54.0 Å². The highest BCUT2D eigenvalue weighted by Crippen LogP contribution is 2.33. The first-order valence-electron chi connectivity index (χ1n) is 16.3. The van der Waals surface area contributed by atoms with Gasteiger partial charge in [-0.25, -0.2) is 0 Å². The lowest BCUT2D eigenvalue weighted by Crippen LogP contribution is -2.31. The van der Waals surface area contributed by atoms with Crippen LogP contribution in [0.1, 0.15) is 0 Å². The fourth-order valence-electron chi connectivity index (χ4n) is 6.25. The number of imidazole rings is 2. The van der Waals surface area contributed by atoms with Crippen molar-refractivity contribution in [3.05, 3.63) is 159 Å². The van der Waals surface area contributed by atoms with Gasteiger partial charge in [0, 0.05) is 17.2 Å². The third-order valence-corrected chi connectivity index (χ3v) is 8.88. The second-order valence-electron chi connectivity index (χ2n) is 11.9. The average Bonchev–Trinajstić information content (AvgIpc) is 3.93. The van der Waals surface area contributed by atoms with E-state index in [1.807, 2.05) is 93.7 Å². The van der Waals surface area contributed by atoms with Crippen molar-refractivity contribution in [2.24, 2.45) is 0 Å². The second-order valence-corrected chi connectivity index (χ2v) is 12.3. The molecule has 2 N–H and O–H groups in total. The fourth-order valence-corrected chi connectivity index (χ4v) is 6.42. The zero-order valence-corrected chi connectivity index (χ0v) is 28.4. The Morgan fingerprint density at radius 3 is 1.67 bits per heavy atom. The Morgan fingerprint density at radius 1 is 0.593 bits per heavy atom. The van der Waals surface area contributed by atoms with Crippen molar-refractivity contribution < 1.29 is 28.7 Å². The molecule has 10 aromatic rings. The van der Waals surface area contributed by atoms with E-state index < -0.39 is 12.0 Å². The van der Waals surface area contributed by atoms with Gasteiger partial charge in [-0.3, -0.25) is 29.0 Å². The van der Waals surface area contributed by atoms with Crippen LogP contribution in [-0.2, 0) is 0 Å². The van der Waals surface area contributed by atoms with Gasteiger partial charge in [0.1, 0.15) is 0 Å². The average molecular weight is 739 g/mol. The van der Waals surface area contributed by atoms with E-state index in [9.17, 15) is 20.2 Å². The molecule has 0 bridgehead atoms. The van der Waals surface area contributed by atoms with Gasteiger partial charge in [0.2, 0.25) is 0 Å². The van der Waals surface area contributed by atoms with Crippen LogP contribution in [0.4, 0.5) is 11.4 Å². The van der Waals surface area contributed by atoms with Crippen LogP contribution in [0.2, 0.25) is 5.02 Å². The molecule has 0 aliphatic carbocycles. The van der Waals surface area contributed by atoms with Crippen molar-refractivity contribution in [2.45, 2.75) is 0 Å². The number of benzene rings is 6. The molecule has 0 spiro atoms. The van der Waals surface area contributed by atoms with E-state index in [0.29, 0.717) is 22.3 Å². The number of hydrogen-bond donors (Lipinski definition) is 2. The maximum absolute atomic E-state index is 11.3. The van der Waals surface area contributed by atoms with E-state index in [4.69, 9.17) is 30.5 Å². The number of nitro benzene ring substituents is 2. The zero-order valence-electron chi connectivity index (χ0n) is 27.7. The van der Waals surface area contributed by atoms with Crippen LogP contribution in [0, 0.1) is 20.2 Å². The van der Waals surface area contributed by atoms with Gasteiger partial charge < -0.3 is 18.9 Å². The van der Waals surface area contributed by atoms with Crippen molar-refractivity contribution >= 4 is 91.5 Å². The summed E-state index contributed by atoms with van der Waals surface area (Å²) in [6.45, 7) is 0. The molecule has 0 radical (unpaired) electrons. The minimum absolute atomic E-state index is 0.0830. The lowest BCUT2D eigenvalue weighted by atomic mass is 9.79. The molecule has 16 heteroatoms. The van der Waals surface area contributed by atoms with E-state index in [2.05, 4.69) is 9.97 Å². The quantitative estimate of drug-likeness (QED) is 0.102. The number of fused-ring (bicyclic) bond motifs is 10. The minimum Gasteiger partial charge on any atom is -0.423 e. The van der Waals surface area contributed by atoms with E-state index in [1.54, 1.807) is 18.2 Å². The van der Waals surface area contributed by atoms with E-state index >= 15 is 0 Å². The summed E-state index contributed by atoms with van der Waals surface area (Å²) >= 11 is 6.02. The third kappa shape index (κ3) is 6.13. The molecule has 10 rings (SSSR count). The molecule has 0 saturated heterocycles. The molecular weight excluding hydrogens is 715 g/mol. The maximum atomic E-state index is 11.3. The Labute approximate surface area is 308 Å². The van der Waals surface area contributed by atoms with Gasteiger partial charge in [-0.2, -0.15) is 9.97 Å². The molecule has 264 valence electrons. The molecular formula is C38H24BClN6O8. The van der Waals surface area contributed by atoms with Crippen LogP contribution in [0.25, 0.3) is 67.1 Å². The van der Waals surface area contributed by atoms with E-state index in [0.717, 1.165) is 49.8 Å². The summed E-state index contributed by atoms with van der Waals surface area (Å²) in [6.07, 6.45) is 0. The number of oxazole rings is 2. The molecule has 4 aromatic heterocycles. The monoisotopic (exact) mass is 738 g/mol. The molecule has 4 heterocycles. The molecule has 0 amide bonds. The number of hydrogen-bond acceptors (Lipinski definition) is 10. The SMILES string of the molecule is Clc1ccc2nc3oc4ccccc4n3c2c1.O=[N+]([O-])c1ccccc1-c1ccc2nc3oc4ccccc4n3c2c1.O=[N+]([O-])c1ccccc1B(O)O. The predicted molar refractivity (Wildman–Crippen MR) is 205 cm³/mol. The molecule has 0 fully saturated rings. The van der Waals surface area contributed by atoms with Crippen LogP contribution >= 0.6 is 11.6 Å². The topological polar surface area (TPSA) is 188 Å². The number of para-hydroxylation sites is 6. The largest absolute Gasteiger partial charge is 0.495 e. The molecule has 54 heavy (non-hydrogen) atoms. The van der Waals surface area contributed by atoms with Crippen LogP contribution in [-0.4, -0.2) is 45.8 Å². The van der Waals surface area contributed by atoms with Gasteiger partial charge in [0.25, 0.3) is 11.4 Å². The second kappa shape index (κ2) is 13.8. The highest BCUT2D eigenvalue weighted by molar-refractivity contribution is 6.60. The minimum atomic E-state index is -1.80. The Kier molecular flexibility index (Phi) is 8.71. The summed E-state index contributed by atoms with van der Waals surface area (Å²) in [5, 5.41) is 39.7. The Bertz CT molecular complexity index is 3040. The number of halogens is 1. The van der Waals surface area contributed by atoms with Gasteiger partial charge in [-0.05, 0) is 66.2 Å². The Balaban J connectivity index is 0.000000124. The third-order valence-electron chi connectivity index (χ3n) is 8.65. The smallest absolute Gasteiger partial charge is 0.423 e. The standard InChI is InChI=1S/C19H11N3O3.C13H7ClN2O.C6H6BNO4/c23-22(24)15-6-2-1-5-13(15)12-9-10-14-17(11-12)21-16-7-3-4-8-18(16)25-19(21)20-14;14-8-5-6-9-11(7-8)16-10-3-1-2-4-12(10)17-13(16)15-9;9-7(10)5-3-1-2-4-6(5)8(11)12/h1-11H;1-7H;1-4,9-10H. The lowest BCUT2D eigenvalue weighted by molar-refractivity contribution is -0.384. The first-order chi connectivity index (χ1) is 26.2. The van der Waals surface area contributed by atoms with Crippen molar-refractivity contribution in [1.29, 1.82) is 0 Å². The lowest BCUT2D eigenvalue weighted by Gasteiger charge is -2.03. The first-order valence-corrected chi connectivity index (χ1v) is 16.6. The van der Waals surface area contributed by atoms with Gasteiger partial charge in [-0.15, -0.1) is 0 Å². The highest BCUT2D eigenvalue weighted by Gasteiger charge is 2.22. The summed E-state index contributed by atoms with van der Waals surface area (Å²) in [5.41, 5.74) is 8.06. The number of nitro groups is 2. The number of nitrogens with zero attached hydrogens (tertiary/aromatic N) is 6. The van der Waals surface area contributed by atoms with Crippen molar-refractivity contribution in [3.8, 4) is 11.1 Å². The highest BCUT2D eigenvalue weighted by atomic mass is 35.5. The molecule has 0 aliphatic heterocycles. The molecule has 0 unspecified atom stereocenters.